The van der Waals surface area contributed by atoms with E-state index >= 15 is 0 Å². The Hall–Kier alpha value is -3.10. The molecule has 9 nitrogen and oxygen atoms in total. The number of aryl methyl sites for hydroxylation is 3. The van der Waals surface area contributed by atoms with Gasteiger partial charge in [0.25, 0.3) is 11.7 Å². The van der Waals surface area contributed by atoms with Crippen LogP contribution in [0.25, 0.3) is 5.78 Å². The molecular formula is C21H26N8O. The molecule has 1 unspecified atom stereocenters. The maximum Gasteiger partial charge on any atom is 0.293 e. The van der Waals surface area contributed by atoms with Crippen LogP contribution in [0.1, 0.15) is 52.5 Å². The van der Waals surface area contributed by atoms with Crippen molar-refractivity contribution in [2.75, 3.05) is 32.1 Å². The quantitative estimate of drug-likeness (QED) is 0.640. The molecule has 1 saturated heterocycles. The Morgan fingerprint density at radius 1 is 1.17 bits per heavy atom. The number of carbonyl (C=O) groups is 1. The highest BCUT2D eigenvalue weighted by molar-refractivity contribution is 5.91. The van der Waals surface area contributed by atoms with Crippen LogP contribution >= 0.6 is 0 Å². The first-order valence-corrected chi connectivity index (χ1v) is 10.4. The van der Waals surface area contributed by atoms with Gasteiger partial charge in [0.15, 0.2) is 0 Å². The third kappa shape index (κ3) is 2.91. The normalized spacial score (nSPS) is 20.7. The SMILES string of the molecule is Cc1cc(C)n2nc(C(=O)N3CCCC4(CCc5cnc(N(C)C)nc54)C3)nc2n1. The molecular weight excluding hydrogens is 380 g/mol. The monoisotopic (exact) mass is 406 g/mol. The first kappa shape index (κ1) is 18.9. The molecule has 2 aliphatic rings. The number of aromatic nitrogens is 6. The van der Waals surface area contributed by atoms with Gasteiger partial charge in [-0.25, -0.2) is 19.5 Å². The van der Waals surface area contributed by atoms with Gasteiger partial charge in [0, 0.05) is 50.2 Å². The molecule has 0 N–H and O–H groups in total. The lowest BCUT2D eigenvalue weighted by molar-refractivity contribution is 0.0621. The predicted molar refractivity (Wildman–Crippen MR) is 112 cm³/mol. The van der Waals surface area contributed by atoms with Gasteiger partial charge in [-0.3, -0.25) is 4.79 Å². The Kier molecular flexibility index (Phi) is 4.23. The molecule has 1 spiro atoms. The molecule has 0 bridgehead atoms. The van der Waals surface area contributed by atoms with E-state index in [4.69, 9.17) is 4.98 Å². The highest BCUT2D eigenvalue weighted by Crippen LogP contribution is 2.44. The lowest BCUT2D eigenvalue weighted by Gasteiger charge is -2.40. The second-order valence-corrected chi connectivity index (χ2v) is 8.73. The van der Waals surface area contributed by atoms with Crippen LogP contribution in [-0.4, -0.2) is 67.5 Å². The van der Waals surface area contributed by atoms with Crippen molar-refractivity contribution >= 4 is 17.6 Å². The Labute approximate surface area is 175 Å². The van der Waals surface area contributed by atoms with E-state index in [2.05, 4.69) is 20.1 Å². The van der Waals surface area contributed by atoms with E-state index in [0.717, 1.165) is 48.7 Å². The third-order valence-corrected chi connectivity index (χ3v) is 6.30. The molecule has 0 radical (unpaired) electrons. The molecule has 1 aliphatic heterocycles. The summed E-state index contributed by atoms with van der Waals surface area (Å²) in [5.41, 5.74) is 3.98. The van der Waals surface area contributed by atoms with Crippen LogP contribution in [0.5, 0.6) is 0 Å². The summed E-state index contributed by atoms with van der Waals surface area (Å²) in [6.45, 7) is 5.21. The number of hydrogen-bond donors (Lipinski definition) is 0. The molecule has 1 amide bonds. The fourth-order valence-electron chi connectivity index (χ4n) is 4.85. The Balaban J connectivity index is 1.46. The Morgan fingerprint density at radius 3 is 2.80 bits per heavy atom. The second-order valence-electron chi connectivity index (χ2n) is 8.73. The number of hydrogen-bond acceptors (Lipinski definition) is 7. The molecule has 4 heterocycles. The van der Waals surface area contributed by atoms with E-state index in [0.29, 0.717) is 18.9 Å². The summed E-state index contributed by atoms with van der Waals surface area (Å²) in [4.78, 5) is 35.3. The minimum Gasteiger partial charge on any atom is -0.347 e. The summed E-state index contributed by atoms with van der Waals surface area (Å²) >= 11 is 0. The highest BCUT2D eigenvalue weighted by Gasteiger charge is 2.45. The average molecular weight is 406 g/mol. The zero-order valence-electron chi connectivity index (χ0n) is 17.9. The topological polar surface area (TPSA) is 92.4 Å². The van der Waals surface area contributed by atoms with E-state index in [1.165, 1.54) is 5.56 Å². The van der Waals surface area contributed by atoms with Gasteiger partial charge in [0.1, 0.15) is 0 Å². The lowest BCUT2D eigenvalue weighted by atomic mass is 9.77. The number of carbonyl (C=O) groups excluding carboxylic acids is 1. The van der Waals surface area contributed by atoms with Crippen molar-refractivity contribution in [3.05, 3.63) is 40.7 Å². The van der Waals surface area contributed by atoms with Gasteiger partial charge in [-0.15, -0.1) is 5.10 Å². The molecule has 5 rings (SSSR count). The number of piperidine rings is 1. The van der Waals surface area contributed by atoms with Crippen LogP contribution in [0.3, 0.4) is 0 Å². The van der Waals surface area contributed by atoms with Crippen LogP contribution in [0.4, 0.5) is 5.95 Å². The molecule has 3 aromatic heterocycles. The fourth-order valence-corrected chi connectivity index (χ4v) is 4.85. The zero-order chi connectivity index (χ0) is 21.0. The third-order valence-electron chi connectivity index (χ3n) is 6.30. The van der Waals surface area contributed by atoms with E-state index < -0.39 is 0 Å². The van der Waals surface area contributed by atoms with Crippen molar-refractivity contribution in [3.8, 4) is 0 Å². The van der Waals surface area contributed by atoms with E-state index in [1.807, 2.05) is 50.0 Å². The minimum absolute atomic E-state index is 0.110. The van der Waals surface area contributed by atoms with Gasteiger partial charge < -0.3 is 9.80 Å². The molecule has 1 atom stereocenters. The van der Waals surface area contributed by atoms with Crippen molar-refractivity contribution < 1.29 is 4.79 Å². The summed E-state index contributed by atoms with van der Waals surface area (Å²) in [5, 5.41) is 4.44. The average Bonchev–Trinajstić information content (AvgIpc) is 3.30. The van der Waals surface area contributed by atoms with Gasteiger partial charge in [0.2, 0.25) is 11.8 Å². The summed E-state index contributed by atoms with van der Waals surface area (Å²) in [6, 6.07) is 1.93. The Bertz CT molecular complexity index is 1150. The summed E-state index contributed by atoms with van der Waals surface area (Å²) in [6.07, 6.45) is 5.88. The van der Waals surface area contributed by atoms with Gasteiger partial charge >= 0.3 is 0 Å². The number of nitrogens with zero attached hydrogens (tertiary/aromatic N) is 8. The molecule has 1 fully saturated rings. The van der Waals surface area contributed by atoms with E-state index in [1.54, 1.807) is 4.52 Å². The van der Waals surface area contributed by atoms with Gasteiger partial charge in [-0.05, 0) is 51.2 Å². The molecule has 1 aliphatic carbocycles. The molecule has 0 saturated carbocycles. The van der Waals surface area contributed by atoms with Crippen LogP contribution in [-0.2, 0) is 11.8 Å². The van der Waals surface area contributed by atoms with E-state index in [-0.39, 0.29) is 17.1 Å². The number of likely N-dealkylation sites (tertiary alicyclic amines) is 1. The van der Waals surface area contributed by atoms with E-state index in [9.17, 15) is 4.79 Å². The molecule has 30 heavy (non-hydrogen) atoms. The smallest absolute Gasteiger partial charge is 0.293 e. The van der Waals surface area contributed by atoms with Crippen LogP contribution < -0.4 is 4.90 Å². The van der Waals surface area contributed by atoms with Crippen molar-refractivity contribution in [1.82, 2.24) is 34.4 Å². The van der Waals surface area contributed by atoms with Crippen LogP contribution in [0.2, 0.25) is 0 Å². The highest BCUT2D eigenvalue weighted by atomic mass is 16.2. The molecule has 156 valence electrons. The summed E-state index contributed by atoms with van der Waals surface area (Å²) < 4.78 is 1.64. The minimum atomic E-state index is -0.132. The molecule has 0 aromatic carbocycles. The maximum atomic E-state index is 13.3. The number of fused-ring (bicyclic) bond motifs is 3. The van der Waals surface area contributed by atoms with Crippen molar-refractivity contribution in [2.45, 2.75) is 44.9 Å². The summed E-state index contributed by atoms with van der Waals surface area (Å²) in [7, 11) is 3.90. The molecule has 3 aromatic rings. The largest absolute Gasteiger partial charge is 0.347 e. The van der Waals surface area contributed by atoms with Crippen molar-refractivity contribution in [3.63, 3.8) is 0 Å². The lowest BCUT2D eigenvalue weighted by Crippen LogP contribution is -2.48. The van der Waals surface area contributed by atoms with Gasteiger partial charge in [-0.2, -0.15) is 4.98 Å². The van der Waals surface area contributed by atoms with Crippen LogP contribution in [0, 0.1) is 13.8 Å². The maximum absolute atomic E-state index is 13.3. The number of rotatable bonds is 2. The summed E-state index contributed by atoms with van der Waals surface area (Å²) in [5.74, 6) is 1.27. The van der Waals surface area contributed by atoms with Gasteiger partial charge in [0.05, 0.1) is 5.69 Å². The van der Waals surface area contributed by atoms with Gasteiger partial charge in [-0.1, -0.05) is 0 Å². The fraction of sp³-hybridized carbons (Fsp3) is 0.524. The first-order valence-electron chi connectivity index (χ1n) is 10.4. The van der Waals surface area contributed by atoms with Crippen molar-refractivity contribution in [1.29, 1.82) is 0 Å². The van der Waals surface area contributed by atoms with Crippen LogP contribution in [0.15, 0.2) is 12.3 Å². The Morgan fingerprint density at radius 2 is 2.00 bits per heavy atom. The number of anilines is 1. The number of amides is 1. The predicted octanol–water partition coefficient (Wildman–Crippen LogP) is 1.72. The zero-order valence-corrected chi connectivity index (χ0v) is 17.9. The standard InChI is InChI=1S/C21H26N8O/c1-13-10-14(2)29-20(23-13)25-17(26-29)18(30)28-9-5-7-21(12-28)8-6-15-11-22-19(27(3)4)24-16(15)21/h10-11H,5-9,12H2,1-4H3. The first-order chi connectivity index (χ1) is 14.4. The second kappa shape index (κ2) is 6.72. The molecule has 9 heteroatoms. The van der Waals surface area contributed by atoms with Crippen molar-refractivity contribution in [2.24, 2.45) is 0 Å².